The van der Waals surface area contributed by atoms with Crippen LogP contribution in [0, 0.1) is 6.92 Å². The number of benzene rings is 1. The normalized spacial score (nSPS) is 12.4. The zero-order valence-electron chi connectivity index (χ0n) is 16.1. The van der Waals surface area contributed by atoms with E-state index in [1.165, 1.54) is 6.08 Å². The second-order valence-corrected chi connectivity index (χ2v) is 7.53. The van der Waals surface area contributed by atoms with Gasteiger partial charge in [-0.05, 0) is 50.1 Å². The Bertz CT molecular complexity index is 1010. The quantitative estimate of drug-likeness (QED) is 0.552. The first kappa shape index (κ1) is 20.4. The number of anilines is 1. The molecule has 8 nitrogen and oxygen atoms in total. The topological polar surface area (TPSA) is 117 Å². The molecule has 0 aliphatic carbocycles. The number of ether oxygens (including phenoxy) is 3. The van der Waals surface area contributed by atoms with Gasteiger partial charge in [0, 0.05) is 6.08 Å². The van der Waals surface area contributed by atoms with E-state index in [1.54, 1.807) is 45.0 Å². The molecule has 0 unspecified atom stereocenters. The third-order valence-corrected chi connectivity index (χ3v) is 5.17. The molecule has 0 atom stereocenters. The predicted octanol–water partition coefficient (Wildman–Crippen LogP) is 3.10. The van der Waals surface area contributed by atoms with Crippen LogP contribution in [0.4, 0.5) is 5.00 Å². The minimum atomic E-state index is -0.739. The number of fused-ring (bicyclic) bond motifs is 1. The number of hydrogen-bond acceptors (Lipinski definition) is 7. The van der Waals surface area contributed by atoms with Crippen molar-refractivity contribution in [1.82, 2.24) is 0 Å². The molecule has 152 valence electrons. The maximum Gasteiger partial charge on any atom is 0.348 e. The Kier molecular flexibility index (Phi) is 5.88. The minimum absolute atomic E-state index is 0.0931. The predicted molar refractivity (Wildman–Crippen MR) is 108 cm³/mol. The summed E-state index contributed by atoms with van der Waals surface area (Å²) in [6, 6.07) is 5.28. The van der Waals surface area contributed by atoms with Gasteiger partial charge in [-0.15, -0.1) is 11.3 Å². The average molecular weight is 416 g/mol. The molecular weight excluding hydrogens is 396 g/mol. The van der Waals surface area contributed by atoms with Gasteiger partial charge in [0.1, 0.15) is 9.88 Å². The van der Waals surface area contributed by atoms with Crippen LogP contribution in [0.1, 0.15) is 45.0 Å². The summed E-state index contributed by atoms with van der Waals surface area (Å²) < 4.78 is 15.7. The van der Waals surface area contributed by atoms with Crippen LogP contribution in [0.15, 0.2) is 24.3 Å². The third kappa shape index (κ3) is 4.57. The van der Waals surface area contributed by atoms with Crippen LogP contribution < -0.4 is 20.5 Å². The van der Waals surface area contributed by atoms with Crippen molar-refractivity contribution in [2.75, 3.05) is 12.1 Å². The summed E-state index contributed by atoms with van der Waals surface area (Å²) >= 11 is 0.953. The van der Waals surface area contributed by atoms with E-state index in [0.29, 0.717) is 17.1 Å². The summed E-state index contributed by atoms with van der Waals surface area (Å²) in [6.45, 7) is 5.20. The van der Waals surface area contributed by atoms with Gasteiger partial charge < -0.3 is 25.3 Å². The van der Waals surface area contributed by atoms with Crippen molar-refractivity contribution < 1.29 is 28.6 Å². The number of hydrogen-bond donors (Lipinski definition) is 2. The third-order valence-electron chi connectivity index (χ3n) is 3.98. The van der Waals surface area contributed by atoms with Crippen molar-refractivity contribution in [1.29, 1.82) is 0 Å². The summed E-state index contributed by atoms with van der Waals surface area (Å²) in [4.78, 5) is 36.7. The molecule has 2 heterocycles. The molecule has 3 rings (SSSR count). The van der Waals surface area contributed by atoms with Crippen LogP contribution >= 0.6 is 11.3 Å². The highest BCUT2D eigenvalue weighted by Gasteiger charge is 2.25. The van der Waals surface area contributed by atoms with E-state index >= 15 is 0 Å². The lowest BCUT2D eigenvalue weighted by Gasteiger charge is -2.06. The van der Waals surface area contributed by atoms with E-state index in [0.717, 1.165) is 16.9 Å². The summed E-state index contributed by atoms with van der Waals surface area (Å²) in [6.07, 6.45) is 2.59. The van der Waals surface area contributed by atoms with Crippen molar-refractivity contribution >= 4 is 40.2 Å². The SMILES string of the molecule is Cc1c(C(=O)OC(C)C)sc(NC(=O)C=Cc2ccc3c(c2)OCO3)c1C(N)=O. The number of esters is 1. The molecule has 0 bridgehead atoms. The molecule has 0 spiro atoms. The number of carbonyl (C=O) groups is 3. The number of rotatable bonds is 6. The fraction of sp³-hybridized carbons (Fsp3) is 0.250. The smallest absolute Gasteiger partial charge is 0.348 e. The molecule has 0 radical (unpaired) electrons. The minimum Gasteiger partial charge on any atom is -0.459 e. The Balaban J connectivity index is 1.78. The number of thiophene rings is 1. The van der Waals surface area contributed by atoms with Gasteiger partial charge in [-0.25, -0.2) is 4.79 Å². The van der Waals surface area contributed by atoms with Gasteiger partial charge in [0.05, 0.1) is 11.7 Å². The van der Waals surface area contributed by atoms with Crippen LogP contribution in [0.3, 0.4) is 0 Å². The van der Waals surface area contributed by atoms with Crippen LogP contribution in [-0.2, 0) is 9.53 Å². The van der Waals surface area contributed by atoms with E-state index in [-0.39, 0.29) is 28.3 Å². The van der Waals surface area contributed by atoms with Gasteiger partial charge in [0.25, 0.3) is 5.91 Å². The Morgan fingerprint density at radius 2 is 1.97 bits per heavy atom. The van der Waals surface area contributed by atoms with Crippen LogP contribution in [0.2, 0.25) is 0 Å². The molecule has 9 heteroatoms. The highest BCUT2D eigenvalue weighted by molar-refractivity contribution is 7.18. The number of nitrogens with one attached hydrogen (secondary N) is 1. The lowest BCUT2D eigenvalue weighted by atomic mass is 10.1. The summed E-state index contributed by atoms with van der Waals surface area (Å²) in [7, 11) is 0. The summed E-state index contributed by atoms with van der Waals surface area (Å²) in [5.41, 5.74) is 6.65. The Labute approximate surface area is 171 Å². The second-order valence-electron chi connectivity index (χ2n) is 6.51. The van der Waals surface area contributed by atoms with Gasteiger partial charge >= 0.3 is 5.97 Å². The zero-order chi connectivity index (χ0) is 21.1. The maximum absolute atomic E-state index is 12.3. The van der Waals surface area contributed by atoms with Crippen molar-refractivity contribution in [3.8, 4) is 11.5 Å². The number of carbonyl (C=O) groups excluding carboxylic acids is 3. The lowest BCUT2D eigenvalue weighted by Crippen LogP contribution is -2.16. The van der Waals surface area contributed by atoms with Crippen molar-refractivity contribution in [2.45, 2.75) is 26.9 Å². The number of amides is 2. The Hall–Kier alpha value is -3.33. The highest BCUT2D eigenvalue weighted by atomic mass is 32.1. The number of nitrogens with two attached hydrogens (primary N) is 1. The average Bonchev–Trinajstić information content (AvgIpc) is 3.23. The first-order chi connectivity index (χ1) is 13.8. The fourth-order valence-electron chi connectivity index (χ4n) is 2.70. The van der Waals surface area contributed by atoms with Gasteiger partial charge in [-0.1, -0.05) is 6.07 Å². The molecule has 29 heavy (non-hydrogen) atoms. The molecule has 1 aromatic heterocycles. The van der Waals surface area contributed by atoms with Gasteiger partial charge in [0.2, 0.25) is 12.7 Å². The van der Waals surface area contributed by atoms with Crippen molar-refractivity contribution in [3.63, 3.8) is 0 Å². The first-order valence-electron chi connectivity index (χ1n) is 8.79. The first-order valence-corrected chi connectivity index (χ1v) is 9.60. The molecule has 3 N–H and O–H groups in total. The molecule has 1 aromatic carbocycles. The standard InChI is InChI=1S/C20H20N2O6S/c1-10(2)28-20(25)17-11(3)16(18(21)24)19(29-17)22-15(23)7-5-12-4-6-13-14(8-12)27-9-26-13/h4-8,10H,9H2,1-3H3,(H2,21,24)(H,22,23). The Morgan fingerprint density at radius 1 is 1.24 bits per heavy atom. The highest BCUT2D eigenvalue weighted by Crippen LogP contribution is 2.34. The molecule has 0 saturated heterocycles. The Morgan fingerprint density at radius 3 is 2.66 bits per heavy atom. The van der Waals surface area contributed by atoms with E-state index < -0.39 is 17.8 Å². The molecule has 2 aromatic rings. The van der Waals surface area contributed by atoms with Crippen molar-refractivity contribution in [2.24, 2.45) is 5.73 Å². The zero-order valence-corrected chi connectivity index (χ0v) is 16.9. The van der Waals surface area contributed by atoms with E-state index in [9.17, 15) is 14.4 Å². The monoisotopic (exact) mass is 416 g/mol. The molecule has 2 amide bonds. The van der Waals surface area contributed by atoms with E-state index in [4.69, 9.17) is 19.9 Å². The van der Waals surface area contributed by atoms with E-state index in [2.05, 4.69) is 5.32 Å². The molecule has 0 saturated carbocycles. The fourth-order valence-corrected chi connectivity index (χ4v) is 3.80. The van der Waals surface area contributed by atoms with E-state index in [1.807, 2.05) is 0 Å². The maximum atomic E-state index is 12.3. The summed E-state index contributed by atoms with van der Waals surface area (Å²) in [5.74, 6) is -0.535. The molecular formula is C20H20N2O6S. The van der Waals surface area contributed by atoms with Crippen LogP contribution in [-0.4, -0.2) is 30.7 Å². The molecule has 1 aliphatic rings. The van der Waals surface area contributed by atoms with Crippen LogP contribution in [0.25, 0.3) is 6.08 Å². The van der Waals surface area contributed by atoms with Gasteiger partial charge in [0.15, 0.2) is 11.5 Å². The van der Waals surface area contributed by atoms with Crippen LogP contribution in [0.5, 0.6) is 11.5 Å². The summed E-state index contributed by atoms with van der Waals surface area (Å²) in [5, 5.41) is 2.81. The molecule has 0 fully saturated rings. The largest absolute Gasteiger partial charge is 0.459 e. The molecule has 1 aliphatic heterocycles. The van der Waals surface area contributed by atoms with Gasteiger partial charge in [-0.2, -0.15) is 0 Å². The van der Waals surface area contributed by atoms with Crippen molar-refractivity contribution in [3.05, 3.63) is 45.8 Å². The lowest BCUT2D eigenvalue weighted by molar-refractivity contribution is -0.111. The second kappa shape index (κ2) is 8.36. The van der Waals surface area contributed by atoms with Gasteiger partial charge in [-0.3, -0.25) is 9.59 Å². The number of primary amides is 1.